The van der Waals surface area contributed by atoms with E-state index in [0.717, 1.165) is 9.35 Å². The van der Waals surface area contributed by atoms with E-state index in [1.54, 1.807) is 0 Å². The summed E-state index contributed by atoms with van der Waals surface area (Å²) in [6.45, 7) is 1.52. The number of halogens is 3. The fourth-order valence-corrected chi connectivity index (χ4v) is 3.01. The zero-order chi connectivity index (χ0) is 12.6. The van der Waals surface area contributed by atoms with Crippen LogP contribution in [0, 0.1) is 18.6 Å². The van der Waals surface area contributed by atoms with Crippen LogP contribution < -0.4 is 5.73 Å². The maximum Gasteiger partial charge on any atom is 0.164 e. The number of rotatable bonds is 2. The van der Waals surface area contributed by atoms with Gasteiger partial charge in [0, 0.05) is 20.3 Å². The van der Waals surface area contributed by atoms with Crippen molar-refractivity contribution < 1.29 is 8.78 Å². The van der Waals surface area contributed by atoms with Crippen molar-refractivity contribution in [2.24, 2.45) is 5.73 Å². The highest BCUT2D eigenvalue weighted by Crippen LogP contribution is 2.30. The van der Waals surface area contributed by atoms with Crippen molar-refractivity contribution in [3.05, 3.63) is 55.7 Å². The van der Waals surface area contributed by atoms with Crippen molar-refractivity contribution in [3.8, 4) is 0 Å². The van der Waals surface area contributed by atoms with Gasteiger partial charge in [-0.1, -0.05) is 12.1 Å². The highest BCUT2D eigenvalue weighted by Gasteiger charge is 2.19. The van der Waals surface area contributed by atoms with E-state index < -0.39 is 17.7 Å². The van der Waals surface area contributed by atoms with Crippen LogP contribution in [0.15, 0.2) is 28.1 Å². The molecule has 17 heavy (non-hydrogen) atoms. The summed E-state index contributed by atoms with van der Waals surface area (Å²) < 4.78 is 28.1. The Balaban J connectivity index is 2.44. The Hall–Kier alpha value is -0.780. The van der Waals surface area contributed by atoms with Crippen LogP contribution in [0.2, 0.25) is 0 Å². The molecule has 1 aromatic heterocycles. The Morgan fingerprint density at radius 1 is 1.29 bits per heavy atom. The summed E-state index contributed by atoms with van der Waals surface area (Å²) in [5, 5.41) is 1.86. The highest BCUT2D eigenvalue weighted by atomic mass is 79.9. The summed E-state index contributed by atoms with van der Waals surface area (Å²) in [6, 6.07) is 4.25. The van der Waals surface area contributed by atoms with Crippen LogP contribution >= 0.6 is 27.3 Å². The van der Waals surface area contributed by atoms with Crippen molar-refractivity contribution in [2.45, 2.75) is 13.0 Å². The molecule has 2 aromatic rings. The van der Waals surface area contributed by atoms with E-state index in [0.29, 0.717) is 0 Å². The predicted octanol–water partition coefficient (Wildman–Crippen LogP) is 4.15. The molecule has 0 fully saturated rings. The molecule has 1 atom stereocenters. The molecular weight excluding hydrogens is 308 g/mol. The molecule has 2 N–H and O–H groups in total. The number of hydrogen-bond acceptors (Lipinski definition) is 2. The lowest BCUT2D eigenvalue weighted by Crippen LogP contribution is -2.13. The first-order valence-electron chi connectivity index (χ1n) is 4.94. The topological polar surface area (TPSA) is 26.0 Å². The smallest absolute Gasteiger partial charge is 0.164 e. The van der Waals surface area contributed by atoms with Crippen molar-refractivity contribution in [2.75, 3.05) is 0 Å². The first-order valence-corrected chi connectivity index (χ1v) is 6.62. The minimum Gasteiger partial charge on any atom is -0.320 e. The normalized spacial score (nSPS) is 12.8. The zero-order valence-electron chi connectivity index (χ0n) is 9.01. The van der Waals surface area contributed by atoms with Gasteiger partial charge in [-0.3, -0.25) is 0 Å². The van der Waals surface area contributed by atoms with Gasteiger partial charge in [0.2, 0.25) is 0 Å². The molecule has 0 aliphatic carbocycles. The summed E-state index contributed by atoms with van der Waals surface area (Å²) >= 11 is 4.71. The summed E-state index contributed by atoms with van der Waals surface area (Å²) in [4.78, 5) is 0.791. The summed E-state index contributed by atoms with van der Waals surface area (Å²) in [5.41, 5.74) is 6.40. The maximum absolute atomic E-state index is 13.7. The predicted molar refractivity (Wildman–Crippen MR) is 69.1 cm³/mol. The number of aryl methyl sites for hydroxylation is 1. The molecule has 0 aliphatic heterocycles. The maximum atomic E-state index is 13.7. The van der Waals surface area contributed by atoms with Crippen molar-refractivity contribution in [1.82, 2.24) is 0 Å². The van der Waals surface area contributed by atoms with E-state index in [1.807, 2.05) is 11.4 Å². The first kappa shape index (κ1) is 12.7. The monoisotopic (exact) mass is 317 g/mol. The van der Waals surface area contributed by atoms with Gasteiger partial charge in [0.1, 0.15) is 0 Å². The van der Waals surface area contributed by atoms with Gasteiger partial charge >= 0.3 is 0 Å². The fourth-order valence-electron chi connectivity index (χ4n) is 1.55. The highest BCUT2D eigenvalue weighted by molar-refractivity contribution is 9.10. The van der Waals surface area contributed by atoms with Gasteiger partial charge in [-0.15, -0.1) is 11.3 Å². The van der Waals surface area contributed by atoms with E-state index >= 15 is 0 Å². The van der Waals surface area contributed by atoms with E-state index in [1.165, 1.54) is 30.4 Å². The minimum atomic E-state index is -0.859. The number of hydrogen-bond donors (Lipinski definition) is 1. The van der Waals surface area contributed by atoms with Crippen molar-refractivity contribution in [3.63, 3.8) is 0 Å². The molecule has 1 heterocycles. The Bertz CT molecular complexity index is 553. The van der Waals surface area contributed by atoms with Gasteiger partial charge < -0.3 is 5.73 Å². The Morgan fingerprint density at radius 3 is 2.59 bits per heavy atom. The molecule has 1 aromatic carbocycles. The SMILES string of the molecule is Cc1ccc(C(N)c2cc(Br)cs2)c(F)c1F. The molecule has 0 aliphatic rings. The fraction of sp³-hybridized carbons (Fsp3) is 0.167. The van der Waals surface area contributed by atoms with Gasteiger partial charge in [0.15, 0.2) is 11.6 Å². The van der Waals surface area contributed by atoms with Crippen LogP contribution in [-0.2, 0) is 0 Å². The molecule has 1 nitrogen and oxygen atoms in total. The van der Waals surface area contributed by atoms with Crippen LogP contribution in [0.4, 0.5) is 8.78 Å². The van der Waals surface area contributed by atoms with Gasteiger partial charge in [0.25, 0.3) is 0 Å². The lowest BCUT2D eigenvalue weighted by molar-refractivity contribution is 0.490. The Morgan fingerprint density at radius 2 is 2.00 bits per heavy atom. The summed E-state index contributed by atoms with van der Waals surface area (Å²) in [6.07, 6.45) is 0. The molecule has 2 rings (SSSR count). The zero-order valence-corrected chi connectivity index (χ0v) is 11.4. The Labute approximate surface area is 110 Å². The van der Waals surface area contributed by atoms with E-state index in [2.05, 4.69) is 15.9 Å². The number of nitrogens with two attached hydrogens (primary N) is 1. The largest absolute Gasteiger partial charge is 0.320 e. The number of benzene rings is 1. The van der Waals surface area contributed by atoms with E-state index in [4.69, 9.17) is 5.73 Å². The van der Waals surface area contributed by atoms with Crippen molar-refractivity contribution in [1.29, 1.82) is 0 Å². The third-order valence-corrected chi connectivity index (χ3v) is 4.31. The Kier molecular flexibility index (Phi) is 3.61. The molecule has 90 valence electrons. The average Bonchev–Trinajstić information content (AvgIpc) is 2.72. The quantitative estimate of drug-likeness (QED) is 0.884. The van der Waals surface area contributed by atoms with E-state index in [-0.39, 0.29) is 11.1 Å². The van der Waals surface area contributed by atoms with Gasteiger partial charge in [0.05, 0.1) is 6.04 Å². The average molecular weight is 318 g/mol. The van der Waals surface area contributed by atoms with Crippen LogP contribution in [0.1, 0.15) is 22.0 Å². The summed E-state index contributed by atoms with van der Waals surface area (Å²) in [7, 11) is 0. The first-order chi connectivity index (χ1) is 8.00. The molecule has 0 saturated heterocycles. The van der Waals surface area contributed by atoms with E-state index in [9.17, 15) is 8.78 Å². The molecule has 0 bridgehead atoms. The second-order valence-electron chi connectivity index (χ2n) is 3.74. The molecule has 1 unspecified atom stereocenters. The molecule has 0 saturated carbocycles. The molecule has 0 radical (unpaired) electrons. The lowest BCUT2D eigenvalue weighted by atomic mass is 10.0. The van der Waals surface area contributed by atoms with Crippen molar-refractivity contribution >= 4 is 27.3 Å². The third-order valence-electron chi connectivity index (χ3n) is 2.53. The molecule has 0 amide bonds. The van der Waals surface area contributed by atoms with Crippen LogP contribution in [-0.4, -0.2) is 0 Å². The standard InChI is InChI=1S/C12H10BrF2NS/c1-6-2-3-8(11(15)10(6)14)12(16)9-4-7(13)5-17-9/h2-5,12H,16H2,1H3. The van der Waals surface area contributed by atoms with Gasteiger partial charge in [-0.25, -0.2) is 8.78 Å². The second-order valence-corrected chi connectivity index (χ2v) is 5.60. The van der Waals surface area contributed by atoms with Crippen LogP contribution in [0.3, 0.4) is 0 Å². The van der Waals surface area contributed by atoms with Crippen LogP contribution in [0.25, 0.3) is 0 Å². The summed E-state index contributed by atoms with van der Waals surface area (Å²) in [5.74, 6) is -1.68. The molecular formula is C12H10BrF2NS. The second kappa shape index (κ2) is 4.84. The molecule has 0 spiro atoms. The third kappa shape index (κ3) is 2.41. The van der Waals surface area contributed by atoms with Gasteiger partial charge in [-0.05, 0) is 34.5 Å². The number of thiophene rings is 1. The minimum absolute atomic E-state index is 0.183. The van der Waals surface area contributed by atoms with Gasteiger partial charge in [-0.2, -0.15) is 0 Å². The molecule has 5 heteroatoms. The van der Waals surface area contributed by atoms with Crippen LogP contribution in [0.5, 0.6) is 0 Å². The lowest BCUT2D eigenvalue weighted by Gasteiger charge is -2.12.